The van der Waals surface area contributed by atoms with Gasteiger partial charge in [0.05, 0.1) is 27.7 Å². The summed E-state index contributed by atoms with van der Waals surface area (Å²) < 4.78 is 18.6. The average molecular weight is 489 g/mol. The van der Waals surface area contributed by atoms with E-state index in [0.29, 0.717) is 17.5 Å². The fourth-order valence-electron chi connectivity index (χ4n) is 4.47. The van der Waals surface area contributed by atoms with Crippen LogP contribution in [-0.4, -0.2) is 42.9 Å². The zero-order valence-electron chi connectivity index (χ0n) is 23.0. The largest absolute Gasteiger partial charge is 0.385 e. The van der Waals surface area contributed by atoms with Crippen molar-refractivity contribution >= 4 is 7.60 Å². The number of rotatable bonds is 24. The number of hydrogen-bond acceptors (Lipinski definition) is 2. The molecule has 0 amide bonds. The first-order valence-corrected chi connectivity index (χ1v) is 15.8. The molecule has 33 heavy (non-hydrogen) atoms. The lowest BCUT2D eigenvalue weighted by atomic mass is 10.0. The van der Waals surface area contributed by atoms with Gasteiger partial charge >= 0.3 is 7.60 Å². The second kappa shape index (κ2) is 21.2. The van der Waals surface area contributed by atoms with Crippen molar-refractivity contribution in [3.05, 3.63) is 12.2 Å². The van der Waals surface area contributed by atoms with Crippen LogP contribution in [0.2, 0.25) is 0 Å². The summed E-state index contributed by atoms with van der Waals surface area (Å²) in [6.07, 6.45) is 28.4. The SMILES string of the molecule is CCC=CCCCCCCCCCCCCCCCCCOP(=O)(O)C(CCC)[N+](C)(C)C. The number of nitrogens with zero attached hydrogens (tertiary/aromatic N) is 1. The van der Waals surface area contributed by atoms with Gasteiger partial charge in [-0.15, -0.1) is 0 Å². The van der Waals surface area contributed by atoms with E-state index in [9.17, 15) is 9.46 Å². The van der Waals surface area contributed by atoms with Gasteiger partial charge in [-0.05, 0) is 32.1 Å². The number of hydrogen-bond donors (Lipinski definition) is 1. The molecule has 0 aliphatic heterocycles. The van der Waals surface area contributed by atoms with Gasteiger partial charge in [-0.2, -0.15) is 0 Å². The van der Waals surface area contributed by atoms with Gasteiger partial charge in [-0.3, -0.25) is 4.57 Å². The fourth-order valence-corrected chi connectivity index (χ4v) is 6.50. The van der Waals surface area contributed by atoms with Crippen molar-refractivity contribution in [3.8, 4) is 0 Å². The third-order valence-electron chi connectivity index (χ3n) is 6.51. The minimum Gasteiger partial charge on any atom is -0.320 e. The van der Waals surface area contributed by atoms with Crippen molar-refractivity contribution in [2.45, 2.75) is 142 Å². The molecule has 2 unspecified atom stereocenters. The zero-order chi connectivity index (χ0) is 24.8. The highest BCUT2D eigenvalue weighted by Crippen LogP contribution is 2.51. The molecule has 2 atom stereocenters. The lowest BCUT2D eigenvalue weighted by molar-refractivity contribution is -0.883. The minimum atomic E-state index is -3.56. The van der Waals surface area contributed by atoms with Crippen LogP contribution < -0.4 is 0 Å². The first-order valence-electron chi connectivity index (χ1n) is 14.2. The van der Waals surface area contributed by atoms with Crippen molar-refractivity contribution in [2.24, 2.45) is 0 Å². The third kappa shape index (κ3) is 19.8. The Hall–Kier alpha value is -0.150. The summed E-state index contributed by atoms with van der Waals surface area (Å²) in [5.74, 6) is -0.333. The quantitative estimate of drug-likeness (QED) is 0.0637. The molecular formula is C28H59NO3P+. The molecule has 0 aromatic rings. The lowest BCUT2D eigenvalue weighted by Gasteiger charge is -2.35. The average Bonchev–Trinajstić information content (AvgIpc) is 2.75. The van der Waals surface area contributed by atoms with E-state index >= 15 is 0 Å². The molecule has 0 aromatic carbocycles. The Balaban J connectivity index is 3.46. The Kier molecular flexibility index (Phi) is 21.1. The molecule has 0 spiro atoms. The van der Waals surface area contributed by atoms with Gasteiger partial charge in [0.1, 0.15) is 0 Å². The van der Waals surface area contributed by atoms with Crippen LogP contribution in [0.5, 0.6) is 0 Å². The predicted octanol–water partition coefficient (Wildman–Crippen LogP) is 9.23. The molecule has 0 heterocycles. The number of unbranched alkanes of at least 4 members (excludes halogenated alkanes) is 15. The van der Waals surface area contributed by atoms with E-state index in [0.717, 1.165) is 19.3 Å². The van der Waals surface area contributed by atoms with Crippen molar-refractivity contribution in [2.75, 3.05) is 27.7 Å². The summed E-state index contributed by atoms with van der Waals surface area (Å²) in [6, 6.07) is 0. The van der Waals surface area contributed by atoms with E-state index in [-0.39, 0.29) is 5.78 Å². The van der Waals surface area contributed by atoms with Gasteiger partial charge in [0, 0.05) is 6.42 Å². The highest BCUT2D eigenvalue weighted by molar-refractivity contribution is 7.53. The maximum Gasteiger partial charge on any atom is 0.385 e. The van der Waals surface area contributed by atoms with Crippen LogP contribution in [0.25, 0.3) is 0 Å². The van der Waals surface area contributed by atoms with E-state index < -0.39 is 7.60 Å². The molecule has 0 bridgehead atoms. The van der Waals surface area contributed by atoms with Gasteiger partial charge < -0.3 is 13.9 Å². The van der Waals surface area contributed by atoms with Crippen molar-refractivity contribution in [1.29, 1.82) is 0 Å². The highest BCUT2D eigenvalue weighted by Gasteiger charge is 2.41. The van der Waals surface area contributed by atoms with E-state index in [1.807, 2.05) is 21.1 Å². The first kappa shape index (κ1) is 32.8. The molecular weight excluding hydrogens is 429 g/mol. The fraction of sp³-hybridized carbons (Fsp3) is 0.929. The molecule has 0 fully saturated rings. The second-order valence-corrected chi connectivity index (χ2v) is 12.7. The number of quaternary nitrogens is 1. The zero-order valence-corrected chi connectivity index (χ0v) is 23.9. The van der Waals surface area contributed by atoms with Crippen LogP contribution >= 0.6 is 7.60 Å². The Morgan fingerprint density at radius 1 is 0.727 bits per heavy atom. The maximum absolute atomic E-state index is 12.7. The van der Waals surface area contributed by atoms with Crippen molar-refractivity contribution in [1.82, 2.24) is 0 Å². The summed E-state index contributed by atoms with van der Waals surface area (Å²) in [7, 11) is 2.36. The van der Waals surface area contributed by atoms with E-state index in [4.69, 9.17) is 4.52 Å². The van der Waals surface area contributed by atoms with Crippen molar-refractivity contribution < 1.29 is 18.5 Å². The third-order valence-corrected chi connectivity index (χ3v) is 8.77. The molecule has 0 radical (unpaired) electrons. The number of allylic oxidation sites excluding steroid dienone is 2. The highest BCUT2D eigenvalue weighted by atomic mass is 31.2. The molecule has 0 saturated carbocycles. The van der Waals surface area contributed by atoms with Crippen LogP contribution in [0.3, 0.4) is 0 Å². The Labute approximate surface area is 207 Å². The Morgan fingerprint density at radius 2 is 1.15 bits per heavy atom. The first-order chi connectivity index (χ1) is 15.8. The molecule has 0 rings (SSSR count). The van der Waals surface area contributed by atoms with Gasteiger partial charge in [0.15, 0.2) is 5.78 Å². The predicted molar refractivity (Wildman–Crippen MR) is 146 cm³/mol. The molecule has 0 aliphatic carbocycles. The molecule has 198 valence electrons. The minimum absolute atomic E-state index is 0.333. The van der Waals surface area contributed by atoms with Crippen LogP contribution in [-0.2, 0) is 9.09 Å². The van der Waals surface area contributed by atoms with Gasteiger partial charge in [-0.1, -0.05) is 109 Å². The maximum atomic E-state index is 12.7. The molecule has 4 nitrogen and oxygen atoms in total. The normalized spacial score (nSPS) is 15.2. The lowest BCUT2D eigenvalue weighted by Crippen LogP contribution is -2.45. The van der Waals surface area contributed by atoms with E-state index in [1.165, 1.54) is 96.3 Å². The summed E-state index contributed by atoms with van der Waals surface area (Å²) in [5, 5.41) is 0. The van der Waals surface area contributed by atoms with E-state index in [2.05, 4.69) is 26.0 Å². The molecule has 0 saturated heterocycles. The van der Waals surface area contributed by atoms with E-state index in [1.54, 1.807) is 0 Å². The molecule has 0 aromatic heterocycles. The van der Waals surface area contributed by atoms with Crippen molar-refractivity contribution in [3.63, 3.8) is 0 Å². The molecule has 0 aliphatic rings. The molecule has 5 heteroatoms. The summed E-state index contributed by atoms with van der Waals surface area (Å²) in [4.78, 5) is 10.4. The monoisotopic (exact) mass is 488 g/mol. The molecule has 1 N–H and O–H groups in total. The summed E-state index contributed by atoms with van der Waals surface area (Å²) >= 11 is 0. The Morgan fingerprint density at radius 3 is 1.55 bits per heavy atom. The van der Waals surface area contributed by atoms with Gasteiger partial charge in [0.25, 0.3) is 0 Å². The van der Waals surface area contributed by atoms with Gasteiger partial charge in [0.2, 0.25) is 0 Å². The Bertz CT molecular complexity index is 502. The van der Waals surface area contributed by atoms with Gasteiger partial charge in [-0.25, -0.2) is 0 Å². The second-order valence-electron chi connectivity index (χ2n) is 10.8. The van der Waals surface area contributed by atoms with Crippen LogP contribution in [0.4, 0.5) is 0 Å². The van der Waals surface area contributed by atoms with Crippen LogP contribution in [0.1, 0.15) is 136 Å². The standard InChI is InChI=1S/C28H58NO3P/c1-6-8-9-10-11-12-13-14-15-16-17-18-19-20-21-22-23-24-25-27-32-33(30,31)28(26-7-2)29(3,4)5/h8-9,28H,6-7,10-27H2,1-5H3/p+1. The van der Waals surface area contributed by atoms with Crippen LogP contribution in [0, 0.1) is 0 Å². The summed E-state index contributed by atoms with van der Waals surface area (Å²) in [5.41, 5.74) is 0. The topological polar surface area (TPSA) is 46.5 Å². The summed E-state index contributed by atoms with van der Waals surface area (Å²) in [6.45, 7) is 4.66. The van der Waals surface area contributed by atoms with Crippen LogP contribution in [0.15, 0.2) is 12.2 Å². The smallest absolute Gasteiger partial charge is 0.320 e.